The minimum absolute atomic E-state index is 0.0386. The van der Waals surface area contributed by atoms with E-state index in [2.05, 4.69) is 62.8 Å². The molecule has 10 nitrogen and oxygen atoms in total. The molecular weight excluding hydrogens is 614 g/mol. The van der Waals surface area contributed by atoms with Gasteiger partial charge in [0.15, 0.2) is 0 Å². The lowest BCUT2D eigenvalue weighted by atomic mass is 9.98. The topological polar surface area (TPSA) is 113 Å². The molecule has 0 amide bonds. The number of anilines is 3. The molecular formula is C32H33Cl2FN10. The van der Waals surface area contributed by atoms with Crippen LogP contribution in [0.2, 0.25) is 10.0 Å². The van der Waals surface area contributed by atoms with Crippen molar-refractivity contribution in [2.75, 3.05) is 23.7 Å². The zero-order valence-corrected chi connectivity index (χ0v) is 26.9. The van der Waals surface area contributed by atoms with Crippen LogP contribution in [-0.4, -0.2) is 53.3 Å². The fourth-order valence-corrected chi connectivity index (χ4v) is 6.18. The van der Waals surface area contributed by atoms with E-state index in [1.807, 2.05) is 36.3 Å². The third-order valence-electron chi connectivity index (χ3n) is 8.19. The Morgan fingerprint density at radius 3 is 2.47 bits per heavy atom. The minimum atomic E-state index is -0.537. The predicted octanol–water partition coefficient (Wildman–Crippen LogP) is 7.26. The van der Waals surface area contributed by atoms with Gasteiger partial charge in [-0.1, -0.05) is 28.4 Å². The van der Waals surface area contributed by atoms with E-state index in [0.29, 0.717) is 38.7 Å². The van der Waals surface area contributed by atoms with E-state index in [1.54, 1.807) is 16.8 Å². The predicted molar refractivity (Wildman–Crippen MR) is 174 cm³/mol. The maximum atomic E-state index is 13.8. The summed E-state index contributed by atoms with van der Waals surface area (Å²) in [6.45, 7) is 8.74. The molecule has 1 aliphatic rings. The number of aryl methyl sites for hydroxylation is 1. The van der Waals surface area contributed by atoms with Crippen molar-refractivity contribution in [2.45, 2.75) is 51.2 Å². The largest absolute Gasteiger partial charge is 0.371 e. The van der Waals surface area contributed by atoms with Gasteiger partial charge in [0.2, 0.25) is 0 Å². The average molecular weight is 648 g/mol. The number of nitrogens with zero attached hydrogens (tertiary/aromatic N) is 8. The van der Waals surface area contributed by atoms with Crippen molar-refractivity contribution < 1.29 is 4.39 Å². The molecule has 1 atom stereocenters. The van der Waals surface area contributed by atoms with Crippen LogP contribution in [-0.2, 0) is 7.05 Å². The highest BCUT2D eigenvalue weighted by Gasteiger charge is 2.29. The SMILES string of the molecule is Cn1ccc(C(Nc2cc(Cl)c3ncc(C#N)c(Nc4ccc(F)c(Cl)c4)c3c2)c2cn(C3CCN(C(C)(C)C)CC3)nn2)n1. The molecule has 0 saturated carbocycles. The normalized spacial score (nSPS) is 15.2. The molecule has 6 rings (SSSR count). The molecule has 232 valence electrons. The second-order valence-electron chi connectivity index (χ2n) is 12.3. The molecule has 4 heterocycles. The Morgan fingerprint density at radius 2 is 1.80 bits per heavy atom. The molecule has 5 aromatic rings. The molecule has 3 aromatic heterocycles. The summed E-state index contributed by atoms with van der Waals surface area (Å²) in [5, 5.41) is 31.4. The monoisotopic (exact) mass is 646 g/mol. The lowest BCUT2D eigenvalue weighted by molar-refractivity contribution is 0.0866. The van der Waals surface area contributed by atoms with Gasteiger partial charge in [0, 0.05) is 54.8 Å². The number of hydrogen-bond acceptors (Lipinski definition) is 8. The van der Waals surface area contributed by atoms with Gasteiger partial charge in [-0.25, -0.2) is 9.07 Å². The van der Waals surface area contributed by atoms with Crippen molar-refractivity contribution in [3.8, 4) is 6.07 Å². The Morgan fingerprint density at radius 1 is 1.04 bits per heavy atom. The first-order valence-electron chi connectivity index (χ1n) is 14.7. The molecule has 0 bridgehead atoms. The summed E-state index contributed by atoms with van der Waals surface area (Å²) in [4.78, 5) is 6.95. The van der Waals surface area contributed by atoms with Gasteiger partial charge < -0.3 is 10.6 Å². The highest BCUT2D eigenvalue weighted by Crippen LogP contribution is 2.37. The Balaban J connectivity index is 1.35. The van der Waals surface area contributed by atoms with Crippen LogP contribution in [0.4, 0.5) is 21.5 Å². The highest BCUT2D eigenvalue weighted by atomic mass is 35.5. The van der Waals surface area contributed by atoms with Crippen molar-refractivity contribution in [1.29, 1.82) is 5.26 Å². The summed E-state index contributed by atoms with van der Waals surface area (Å²) in [6, 6.07) is 11.8. The van der Waals surface area contributed by atoms with Crippen LogP contribution < -0.4 is 10.6 Å². The van der Waals surface area contributed by atoms with Crippen molar-refractivity contribution in [3.05, 3.63) is 87.8 Å². The molecule has 1 saturated heterocycles. The quantitative estimate of drug-likeness (QED) is 0.190. The minimum Gasteiger partial charge on any atom is -0.371 e. The Labute approximate surface area is 270 Å². The van der Waals surface area contributed by atoms with Gasteiger partial charge in [-0.05, 0) is 70.0 Å². The number of nitriles is 1. The van der Waals surface area contributed by atoms with E-state index >= 15 is 0 Å². The number of nitrogens with one attached hydrogen (secondary N) is 2. The van der Waals surface area contributed by atoms with Crippen LogP contribution in [0.15, 0.2) is 55.0 Å². The molecule has 45 heavy (non-hydrogen) atoms. The third kappa shape index (κ3) is 6.45. The molecule has 1 fully saturated rings. The first-order chi connectivity index (χ1) is 21.5. The second-order valence-corrected chi connectivity index (χ2v) is 13.1. The average Bonchev–Trinajstić information content (AvgIpc) is 3.67. The lowest BCUT2D eigenvalue weighted by Gasteiger charge is -2.40. The summed E-state index contributed by atoms with van der Waals surface area (Å²) in [7, 11) is 1.86. The lowest BCUT2D eigenvalue weighted by Crippen LogP contribution is -2.46. The second kappa shape index (κ2) is 12.3. The summed E-state index contributed by atoms with van der Waals surface area (Å²) in [5.74, 6) is -0.537. The van der Waals surface area contributed by atoms with E-state index in [-0.39, 0.29) is 22.2 Å². The molecule has 0 aliphatic carbocycles. The zero-order chi connectivity index (χ0) is 31.9. The maximum absolute atomic E-state index is 13.8. The highest BCUT2D eigenvalue weighted by molar-refractivity contribution is 6.36. The number of rotatable bonds is 7. The standard InChI is InChI=1S/C32H33Cl2FN10/c1-32(2,3)44-11-7-22(8-12-44)45-18-28(40-42-45)31(27-9-10-43(4)41-27)39-21-13-23-29(38-20-5-6-26(35)24(33)14-20)19(16-36)17-37-30(23)25(34)15-21/h5-6,9-10,13-15,17-18,22,31,39H,7-8,11-12H2,1-4H3,(H,37,38). The molecule has 0 spiro atoms. The first-order valence-corrected chi connectivity index (χ1v) is 15.4. The molecule has 0 radical (unpaired) electrons. The molecule has 2 N–H and O–H groups in total. The van der Waals surface area contributed by atoms with Crippen LogP contribution in [0.3, 0.4) is 0 Å². The third-order valence-corrected chi connectivity index (χ3v) is 8.76. The Hall–Kier alpha value is -4.24. The summed E-state index contributed by atoms with van der Waals surface area (Å²) < 4.78 is 17.6. The van der Waals surface area contributed by atoms with Crippen LogP contribution >= 0.6 is 23.2 Å². The Kier molecular flexibility index (Phi) is 8.39. The van der Waals surface area contributed by atoms with E-state index < -0.39 is 11.9 Å². The van der Waals surface area contributed by atoms with Gasteiger partial charge in [-0.3, -0.25) is 14.6 Å². The fraction of sp³-hybridized carbons (Fsp3) is 0.344. The van der Waals surface area contributed by atoms with Crippen molar-refractivity contribution in [1.82, 2.24) is 34.7 Å². The summed E-state index contributed by atoms with van der Waals surface area (Å²) in [5.41, 5.74) is 4.04. The first kappa shape index (κ1) is 30.8. The van der Waals surface area contributed by atoms with E-state index in [1.165, 1.54) is 18.3 Å². The van der Waals surface area contributed by atoms with E-state index in [4.69, 9.17) is 23.2 Å². The van der Waals surface area contributed by atoms with Crippen LogP contribution in [0.25, 0.3) is 10.9 Å². The smallest absolute Gasteiger partial charge is 0.141 e. The molecule has 2 aromatic carbocycles. The number of piperidine rings is 1. The van der Waals surface area contributed by atoms with Gasteiger partial charge in [-0.2, -0.15) is 10.4 Å². The van der Waals surface area contributed by atoms with Gasteiger partial charge in [-0.15, -0.1) is 5.10 Å². The zero-order valence-electron chi connectivity index (χ0n) is 25.4. The maximum Gasteiger partial charge on any atom is 0.141 e. The van der Waals surface area contributed by atoms with Crippen molar-refractivity contribution >= 4 is 51.2 Å². The fourth-order valence-electron chi connectivity index (χ4n) is 5.74. The van der Waals surface area contributed by atoms with E-state index in [0.717, 1.165) is 31.6 Å². The van der Waals surface area contributed by atoms with Gasteiger partial charge in [0.05, 0.1) is 44.7 Å². The van der Waals surface area contributed by atoms with Gasteiger partial charge in [0.1, 0.15) is 23.6 Å². The molecule has 1 aliphatic heterocycles. The summed E-state index contributed by atoms with van der Waals surface area (Å²) in [6.07, 6.45) is 7.31. The van der Waals surface area contributed by atoms with Gasteiger partial charge >= 0.3 is 0 Å². The number of fused-ring (bicyclic) bond motifs is 1. The molecule has 1 unspecified atom stereocenters. The van der Waals surface area contributed by atoms with E-state index in [9.17, 15) is 9.65 Å². The van der Waals surface area contributed by atoms with Crippen LogP contribution in [0, 0.1) is 17.1 Å². The molecule has 13 heteroatoms. The number of pyridine rings is 1. The number of likely N-dealkylation sites (tertiary alicyclic amines) is 1. The summed E-state index contributed by atoms with van der Waals surface area (Å²) >= 11 is 12.8. The number of hydrogen-bond donors (Lipinski definition) is 2. The number of halogens is 3. The van der Waals surface area contributed by atoms with Crippen molar-refractivity contribution in [3.63, 3.8) is 0 Å². The van der Waals surface area contributed by atoms with Crippen LogP contribution in [0.5, 0.6) is 0 Å². The number of aromatic nitrogens is 6. The Bertz CT molecular complexity index is 1900. The van der Waals surface area contributed by atoms with Gasteiger partial charge in [0.25, 0.3) is 0 Å². The number of benzene rings is 2. The van der Waals surface area contributed by atoms with Crippen LogP contribution in [0.1, 0.15) is 62.6 Å². The van der Waals surface area contributed by atoms with Crippen molar-refractivity contribution in [2.24, 2.45) is 7.05 Å².